The fraction of sp³-hybridized carbons (Fsp3) is 0.800. The standard InChI is InChI=1S/C10H18O10/c1-5(7(11)12)9(3,18-14)17-8(13)6(2)10(4,19-15)20-16/h5-6,14-16H,1-4H3,(H,11,12). The van der Waals surface area contributed by atoms with E-state index < -0.39 is 35.3 Å². The number of hydrogen-bond acceptors (Lipinski definition) is 9. The van der Waals surface area contributed by atoms with Crippen LogP contribution < -0.4 is 0 Å². The van der Waals surface area contributed by atoms with Crippen LogP contribution in [0.25, 0.3) is 0 Å². The summed E-state index contributed by atoms with van der Waals surface area (Å²) in [4.78, 5) is 34.3. The van der Waals surface area contributed by atoms with Crippen LogP contribution in [-0.4, -0.2) is 44.4 Å². The van der Waals surface area contributed by atoms with Gasteiger partial charge in [0.15, 0.2) is 0 Å². The highest BCUT2D eigenvalue weighted by Gasteiger charge is 2.47. The molecule has 0 amide bonds. The minimum absolute atomic E-state index is 1.02. The van der Waals surface area contributed by atoms with Gasteiger partial charge in [0.25, 0.3) is 5.79 Å². The van der Waals surface area contributed by atoms with Crippen LogP contribution in [0.3, 0.4) is 0 Å². The molecule has 0 aromatic rings. The van der Waals surface area contributed by atoms with Crippen LogP contribution >= 0.6 is 0 Å². The molecule has 0 saturated carbocycles. The van der Waals surface area contributed by atoms with Crippen molar-refractivity contribution in [2.45, 2.75) is 39.3 Å². The van der Waals surface area contributed by atoms with Gasteiger partial charge in [0.05, 0.1) is 0 Å². The number of carboxylic acids is 1. The summed E-state index contributed by atoms with van der Waals surface area (Å²) in [6.07, 6.45) is 0. The van der Waals surface area contributed by atoms with Crippen LogP contribution in [-0.2, 0) is 29.0 Å². The molecule has 118 valence electrons. The molecule has 0 saturated heterocycles. The topological polar surface area (TPSA) is 152 Å². The monoisotopic (exact) mass is 298 g/mol. The largest absolute Gasteiger partial charge is 0.481 e. The lowest BCUT2D eigenvalue weighted by molar-refractivity contribution is -0.491. The lowest BCUT2D eigenvalue weighted by atomic mass is 10.0. The number of hydrogen-bond donors (Lipinski definition) is 4. The predicted molar refractivity (Wildman–Crippen MR) is 60.0 cm³/mol. The third-order valence-electron chi connectivity index (χ3n) is 3.14. The van der Waals surface area contributed by atoms with Crippen molar-refractivity contribution in [3.05, 3.63) is 0 Å². The first-order valence-corrected chi connectivity index (χ1v) is 5.51. The zero-order chi connectivity index (χ0) is 16.1. The van der Waals surface area contributed by atoms with Gasteiger partial charge >= 0.3 is 11.9 Å². The zero-order valence-corrected chi connectivity index (χ0v) is 11.4. The molecule has 10 nitrogen and oxygen atoms in total. The molecule has 20 heavy (non-hydrogen) atoms. The minimum atomic E-state index is -2.18. The molecule has 0 radical (unpaired) electrons. The second kappa shape index (κ2) is 6.92. The molecule has 3 atom stereocenters. The molecule has 0 bridgehead atoms. The number of ether oxygens (including phenoxy) is 1. The van der Waals surface area contributed by atoms with Gasteiger partial charge < -0.3 is 9.84 Å². The molecule has 10 heteroatoms. The first-order chi connectivity index (χ1) is 9.07. The van der Waals surface area contributed by atoms with Crippen LogP contribution in [0.1, 0.15) is 27.7 Å². The molecule has 0 aromatic heterocycles. The van der Waals surface area contributed by atoms with Gasteiger partial charge in [-0.3, -0.25) is 9.59 Å². The highest BCUT2D eigenvalue weighted by molar-refractivity contribution is 5.75. The maximum absolute atomic E-state index is 11.8. The normalized spacial score (nSPS) is 17.9. The highest BCUT2D eigenvalue weighted by Crippen LogP contribution is 2.28. The number of esters is 1. The minimum Gasteiger partial charge on any atom is -0.481 e. The molecule has 0 aliphatic heterocycles. The molecular weight excluding hydrogens is 280 g/mol. The Hall–Kier alpha value is -1.30. The number of rotatable bonds is 8. The Balaban J connectivity index is 5.09. The van der Waals surface area contributed by atoms with Crippen molar-refractivity contribution in [3.8, 4) is 0 Å². The fourth-order valence-electron chi connectivity index (χ4n) is 1.09. The highest BCUT2D eigenvalue weighted by atomic mass is 17.2. The summed E-state index contributed by atoms with van der Waals surface area (Å²) in [6.45, 7) is 4.35. The zero-order valence-electron chi connectivity index (χ0n) is 11.4. The van der Waals surface area contributed by atoms with E-state index in [2.05, 4.69) is 14.7 Å². The molecule has 0 spiro atoms. The van der Waals surface area contributed by atoms with Gasteiger partial charge in [-0.25, -0.2) is 25.5 Å². The van der Waals surface area contributed by atoms with Gasteiger partial charge in [0.2, 0.25) is 5.79 Å². The van der Waals surface area contributed by atoms with Crippen molar-refractivity contribution in [2.24, 2.45) is 11.8 Å². The molecule has 0 rings (SSSR count). The Morgan fingerprint density at radius 1 is 0.900 bits per heavy atom. The Kier molecular flexibility index (Phi) is 6.47. The first kappa shape index (κ1) is 18.7. The third-order valence-corrected chi connectivity index (χ3v) is 3.14. The van der Waals surface area contributed by atoms with Crippen molar-refractivity contribution in [1.29, 1.82) is 0 Å². The smallest absolute Gasteiger partial charge is 0.316 e. The van der Waals surface area contributed by atoms with Crippen LogP contribution in [0.5, 0.6) is 0 Å². The Morgan fingerprint density at radius 3 is 1.60 bits per heavy atom. The van der Waals surface area contributed by atoms with E-state index in [-0.39, 0.29) is 0 Å². The van der Waals surface area contributed by atoms with E-state index in [1.807, 2.05) is 0 Å². The number of aliphatic carboxylic acids is 1. The van der Waals surface area contributed by atoms with Crippen molar-refractivity contribution in [3.63, 3.8) is 0 Å². The maximum Gasteiger partial charge on any atom is 0.316 e. The lowest BCUT2D eigenvalue weighted by Gasteiger charge is -2.33. The van der Waals surface area contributed by atoms with Gasteiger partial charge in [0, 0.05) is 6.92 Å². The van der Waals surface area contributed by atoms with E-state index in [9.17, 15) is 9.59 Å². The average Bonchev–Trinajstić information content (AvgIpc) is 2.44. The second-order valence-electron chi connectivity index (χ2n) is 4.51. The summed E-state index contributed by atoms with van der Waals surface area (Å²) in [5.74, 6) is -9.64. The van der Waals surface area contributed by atoms with Crippen molar-refractivity contribution >= 4 is 11.9 Å². The first-order valence-electron chi connectivity index (χ1n) is 5.51. The SMILES string of the molecule is CC(C(=O)O)C(C)(OO)OC(=O)C(C)C(C)(OO)OO. The molecule has 0 aliphatic rings. The van der Waals surface area contributed by atoms with Gasteiger partial charge in [-0.05, 0) is 20.8 Å². The predicted octanol–water partition coefficient (Wildman–Crippen LogP) is 0.788. The summed E-state index contributed by atoms with van der Waals surface area (Å²) in [7, 11) is 0. The van der Waals surface area contributed by atoms with Crippen molar-refractivity contribution < 1.29 is 49.9 Å². The molecule has 4 N–H and O–H groups in total. The summed E-state index contributed by atoms with van der Waals surface area (Å²) in [5, 5.41) is 34.8. The quantitative estimate of drug-likeness (QED) is 0.219. The van der Waals surface area contributed by atoms with E-state index >= 15 is 0 Å². The van der Waals surface area contributed by atoms with Gasteiger partial charge in [-0.1, -0.05) is 0 Å². The Labute approximate surface area is 114 Å². The summed E-state index contributed by atoms with van der Waals surface area (Å²) < 4.78 is 4.75. The van der Waals surface area contributed by atoms with E-state index in [0.717, 1.165) is 27.7 Å². The molecule has 3 unspecified atom stereocenters. The molecule has 0 fully saturated rings. The van der Waals surface area contributed by atoms with E-state index in [1.54, 1.807) is 0 Å². The molecule has 0 heterocycles. The van der Waals surface area contributed by atoms with Gasteiger partial charge in [-0.15, -0.1) is 0 Å². The summed E-state index contributed by atoms with van der Waals surface area (Å²) >= 11 is 0. The van der Waals surface area contributed by atoms with Crippen molar-refractivity contribution in [2.75, 3.05) is 0 Å². The summed E-state index contributed by atoms with van der Waals surface area (Å²) in [5.41, 5.74) is 0. The van der Waals surface area contributed by atoms with E-state index in [4.69, 9.17) is 25.6 Å². The Morgan fingerprint density at radius 2 is 1.30 bits per heavy atom. The average molecular weight is 298 g/mol. The maximum atomic E-state index is 11.8. The Bertz CT molecular complexity index is 352. The number of carbonyl (C=O) groups excluding carboxylic acids is 1. The van der Waals surface area contributed by atoms with Crippen LogP contribution in [0, 0.1) is 11.8 Å². The van der Waals surface area contributed by atoms with Gasteiger partial charge in [0.1, 0.15) is 11.8 Å². The molecule has 0 aliphatic carbocycles. The van der Waals surface area contributed by atoms with Crippen LogP contribution in [0.15, 0.2) is 0 Å². The number of carbonyl (C=O) groups is 2. The molecular formula is C10H18O10. The summed E-state index contributed by atoms with van der Waals surface area (Å²) in [6, 6.07) is 0. The van der Waals surface area contributed by atoms with Gasteiger partial charge in [-0.2, -0.15) is 4.89 Å². The third kappa shape index (κ3) is 3.85. The van der Waals surface area contributed by atoms with E-state index in [0.29, 0.717) is 0 Å². The van der Waals surface area contributed by atoms with Crippen LogP contribution in [0.2, 0.25) is 0 Å². The second-order valence-corrected chi connectivity index (χ2v) is 4.51. The van der Waals surface area contributed by atoms with E-state index in [1.165, 1.54) is 0 Å². The fourth-order valence-corrected chi connectivity index (χ4v) is 1.09. The number of carboxylic acid groups (broad SMARTS) is 1. The lowest BCUT2D eigenvalue weighted by Crippen LogP contribution is -2.49. The van der Waals surface area contributed by atoms with Crippen molar-refractivity contribution in [1.82, 2.24) is 0 Å². The van der Waals surface area contributed by atoms with Crippen LogP contribution in [0.4, 0.5) is 0 Å². The molecule has 0 aromatic carbocycles.